The van der Waals surface area contributed by atoms with Crippen LogP contribution in [0.1, 0.15) is 32.8 Å². The van der Waals surface area contributed by atoms with Crippen molar-refractivity contribution < 1.29 is 4.74 Å². The number of rotatable bonds is 6. The van der Waals surface area contributed by atoms with E-state index in [1.54, 1.807) is 7.11 Å². The Morgan fingerprint density at radius 3 is 2.50 bits per heavy atom. The Morgan fingerprint density at radius 1 is 1.28 bits per heavy atom. The predicted molar refractivity (Wildman–Crippen MR) is 77.8 cm³/mol. The number of methoxy groups -OCH3 is 1. The first-order valence-corrected chi connectivity index (χ1v) is 6.56. The summed E-state index contributed by atoms with van der Waals surface area (Å²) < 4.78 is 5.24. The van der Waals surface area contributed by atoms with E-state index in [1.807, 2.05) is 18.2 Å². The summed E-state index contributed by atoms with van der Waals surface area (Å²) in [5.41, 5.74) is 7.98. The van der Waals surface area contributed by atoms with Crippen LogP contribution in [0.15, 0.2) is 18.2 Å². The molecule has 0 fully saturated rings. The summed E-state index contributed by atoms with van der Waals surface area (Å²) in [5.74, 6) is 1.58. The Balaban J connectivity index is 2.71. The fraction of sp³-hybridized carbons (Fsp3) is 0.600. The molecule has 102 valence electrons. The van der Waals surface area contributed by atoms with Gasteiger partial charge in [-0.05, 0) is 50.1 Å². The zero-order valence-electron chi connectivity index (χ0n) is 12.2. The maximum atomic E-state index is 6.01. The van der Waals surface area contributed by atoms with Crippen molar-refractivity contribution in [2.45, 2.75) is 39.8 Å². The minimum Gasteiger partial charge on any atom is -0.497 e. The fourth-order valence-electron chi connectivity index (χ4n) is 2.13. The van der Waals surface area contributed by atoms with Crippen LogP contribution in [0, 0.1) is 5.92 Å². The Labute approximate surface area is 111 Å². The van der Waals surface area contributed by atoms with Gasteiger partial charge in [-0.3, -0.25) is 4.90 Å². The molecule has 0 spiro atoms. The van der Waals surface area contributed by atoms with Crippen LogP contribution in [0.2, 0.25) is 0 Å². The number of nitrogen functional groups attached to an aromatic ring is 1. The van der Waals surface area contributed by atoms with Gasteiger partial charge in [0.25, 0.3) is 0 Å². The number of anilines is 1. The van der Waals surface area contributed by atoms with Crippen LogP contribution in [0.3, 0.4) is 0 Å². The molecule has 0 saturated carbocycles. The molecular formula is C15H26N2O. The van der Waals surface area contributed by atoms with Gasteiger partial charge in [0.15, 0.2) is 0 Å². The van der Waals surface area contributed by atoms with Gasteiger partial charge in [-0.15, -0.1) is 0 Å². The molecule has 1 rings (SSSR count). The summed E-state index contributed by atoms with van der Waals surface area (Å²) in [6.07, 6.45) is 1.19. The van der Waals surface area contributed by atoms with E-state index in [1.165, 1.54) is 6.42 Å². The lowest BCUT2D eigenvalue weighted by atomic mass is 10.0. The van der Waals surface area contributed by atoms with Crippen molar-refractivity contribution in [2.75, 3.05) is 19.9 Å². The van der Waals surface area contributed by atoms with E-state index in [4.69, 9.17) is 10.5 Å². The molecule has 1 atom stereocenters. The van der Waals surface area contributed by atoms with Gasteiger partial charge >= 0.3 is 0 Å². The summed E-state index contributed by atoms with van der Waals surface area (Å²) in [7, 11) is 3.83. The summed E-state index contributed by atoms with van der Waals surface area (Å²) in [4.78, 5) is 2.34. The van der Waals surface area contributed by atoms with Gasteiger partial charge < -0.3 is 10.5 Å². The maximum absolute atomic E-state index is 6.01. The molecule has 18 heavy (non-hydrogen) atoms. The molecule has 0 aliphatic rings. The van der Waals surface area contributed by atoms with E-state index in [0.717, 1.165) is 23.5 Å². The molecule has 0 amide bonds. The molecule has 1 unspecified atom stereocenters. The summed E-state index contributed by atoms with van der Waals surface area (Å²) in [6, 6.07) is 6.38. The molecule has 0 saturated heterocycles. The van der Waals surface area contributed by atoms with Crippen molar-refractivity contribution in [3.63, 3.8) is 0 Å². The van der Waals surface area contributed by atoms with Crippen molar-refractivity contribution in [1.29, 1.82) is 0 Å². The third kappa shape index (κ3) is 4.22. The van der Waals surface area contributed by atoms with Crippen LogP contribution in [0.25, 0.3) is 0 Å². The second-order valence-electron chi connectivity index (χ2n) is 5.46. The average Bonchev–Trinajstić information content (AvgIpc) is 2.31. The van der Waals surface area contributed by atoms with Crippen LogP contribution in [0.4, 0.5) is 5.69 Å². The molecular weight excluding hydrogens is 224 g/mol. The van der Waals surface area contributed by atoms with Crippen LogP contribution in [0.5, 0.6) is 5.75 Å². The lowest BCUT2D eigenvalue weighted by Crippen LogP contribution is -2.30. The number of ether oxygens (including phenoxy) is 1. The first-order chi connectivity index (χ1) is 8.43. The molecule has 0 radical (unpaired) electrons. The second kappa shape index (κ2) is 6.64. The monoisotopic (exact) mass is 250 g/mol. The predicted octanol–water partition coefficient (Wildman–Crippen LogP) is 3.14. The van der Waals surface area contributed by atoms with E-state index in [-0.39, 0.29) is 0 Å². The number of nitrogens with two attached hydrogens (primary N) is 1. The number of nitrogens with zero attached hydrogens (tertiary/aromatic N) is 1. The Morgan fingerprint density at radius 2 is 1.94 bits per heavy atom. The standard InChI is InChI=1S/C15H26N2O/c1-11(2)8-12(3)17(4)10-13-9-14(18-5)6-7-15(13)16/h6-7,9,11-12H,8,10,16H2,1-5H3. The lowest BCUT2D eigenvalue weighted by Gasteiger charge is -2.26. The van der Waals surface area contributed by atoms with Crippen molar-refractivity contribution in [3.05, 3.63) is 23.8 Å². The Kier molecular flexibility index (Phi) is 5.48. The molecule has 0 aliphatic heterocycles. The summed E-state index contributed by atoms with van der Waals surface area (Å²) >= 11 is 0. The highest BCUT2D eigenvalue weighted by atomic mass is 16.5. The number of hydrogen-bond donors (Lipinski definition) is 1. The molecule has 0 aliphatic carbocycles. The highest BCUT2D eigenvalue weighted by Gasteiger charge is 2.13. The van der Waals surface area contributed by atoms with Gasteiger partial charge in [0.1, 0.15) is 5.75 Å². The van der Waals surface area contributed by atoms with Crippen molar-refractivity contribution >= 4 is 5.69 Å². The third-order valence-electron chi connectivity index (χ3n) is 3.33. The van der Waals surface area contributed by atoms with Gasteiger partial charge in [0.05, 0.1) is 7.11 Å². The van der Waals surface area contributed by atoms with E-state index >= 15 is 0 Å². The largest absolute Gasteiger partial charge is 0.497 e. The minimum atomic E-state index is 0.551. The first kappa shape index (κ1) is 14.8. The van der Waals surface area contributed by atoms with Crippen LogP contribution in [-0.4, -0.2) is 25.1 Å². The van der Waals surface area contributed by atoms with E-state index in [2.05, 4.69) is 32.7 Å². The quantitative estimate of drug-likeness (QED) is 0.788. The van der Waals surface area contributed by atoms with Crippen molar-refractivity contribution in [2.24, 2.45) is 5.92 Å². The van der Waals surface area contributed by atoms with Crippen LogP contribution < -0.4 is 10.5 Å². The topological polar surface area (TPSA) is 38.5 Å². The minimum absolute atomic E-state index is 0.551. The molecule has 0 heterocycles. The average molecular weight is 250 g/mol. The van der Waals surface area contributed by atoms with E-state index < -0.39 is 0 Å². The van der Waals surface area contributed by atoms with Gasteiger partial charge in [0, 0.05) is 18.3 Å². The Hall–Kier alpha value is -1.22. The van der Waals surface area contributed by atoms with Gasteiger partial charge in [-0.2, -0.15) is 0 Å². The maximum Gasteiger partial charge on any atom is 0.119 e. The summed E-state index contributed by atoms with van der Waals surface area (Å²) in [5, 5.41) is 0. The highest BCUT2D eigenvalue weighted by molar-refractivity contribution is 5.50. The smallest absolute Gasteiger partial charge is 0.119 e. The van der Waals surface area contributed by atoms with Gasteiger partial charge in [0.2, 0.25) is 0 Å². The molecule has 1 aromatic rings. The molecule has 2 N–H and O–H groups in total. The third-order valence-corrected chi connectivity index (χ3v) is 3.33. The molecule has 3 heteroatoms. The van der Waals surface area contributed by atoms with Crippen molar-refractivity contribution in [1.82, 2.24) is 4.90 Å². The van der Waals surface area contributed by atoms with E-state index in [0.29, 0.717) is 12.0 Å². The Bertz CT molecular complexity index is 377. The second-order valence-corrected chi connectivity index (χ2v) is 5.46. The number of hydrogen-bond acceptors (Lipinski definition) is 3. The number of benzene rings is 1. The molecule has 0 bridgehead atoms. The first-order valence-electron chi connectivity index (χ1n) is 6.56. The summed E-state index contributed by atoms with van der Waals surface area (Å²) in [6.45, 7) is 7.63. The van der Waals surface area contributed by atoms with E-state index in [9.17, 15) is 0 Å². The van der Waals surface area contributed by atoms with Gasteiger partial charge in [-0.1, -0.05) is 13.8 Å². The SMILES string of the molecule is COc1ccc(N)c(CN(C)C(C)CC(C)C)c1. The fourth-order valence-corrected chi connectivity index (χ4v) is 2.13. The van der Waals surface area contributed by atoms with Crippen LogP contribution in [-0.2, 0) is 6.54 Å². The zero-order valence-corrected chi connectivity index (χ0v) is 12.2. The zero-order chi connectivity index (χ0) is 13.7. The van der Waals surface area contributed by atoms with Crippen molar-refractivity contribution in [3.8, 4) is 5.75 Å². The highest BCUT2D eigenvalue weighted by Crippen LogP contribution is 2.22. The normalized spacial score (nSPS) is 13.1. The van der Waals surface area contributed by atoms with Gasteiger partial charge in [-0.25, -0.2) is 0 Å². The molecule has 1 aromatic carbocycles. The molecule has 0 aromatic heterocycles. The molecule has 3 nitrogen and oxygen atoms in total. The van der Waals surface area contributed by atoms with Crippen LogP contribution >= 0.6 is 0 Å². The lowest BCUT2D eigenvalue weighted by molar-refractivity contribution is 0.221.